The van der Waals surface area contributed by atoms with E-state index in [1.807, 2.05) is 38.1 Å². The molecule has 0 aromatic heterocycles. The Bertz CT molecular complexity index is 495. The fourth-order valence-corrected chi connectivity index (χ4v) is 1.59. The lowest BCUT2D eigenvalue weighted by Gasteiger charge is -2.02. The van der Waals surface area contributed by atoms with Crippen LogP contribution in [0.5, 0.6) is 0 Å². The molecule has 0 atom stereocenters. The van der Waals surface area contributed by atoms with Crippen LogP contribution < -0.4 is 0 Å². The Hall–Kier alpha value is -1.90. The van der Waals surface area contributed by atoms with Gasteiger partial charge in [-0.1, -0.05) is 29.8 Å². The number of aliphatic imine (C=N–C) groups is 1. The van der Waals surface area contributed by atoms with Crippen LogP contribution in [0.1, 0.15) is 25.0 Å². The first kappa shape index (κ1) is 10.6. The molecule has 0 unspecified atom stereocenters. The van der Waals surface area contributed by atoms with Crippen LogP contribution in [-0.2, 0) is 9.53 Å². The second-order valence-electron chi connectivity index (χ2n) is 3.86. The smallest absolute Gasteiger partial charge is 0.363 e. The Balaban J connectivity index is 2.45. The number of benzene rings is 1. The minimum atomic E-state index is -0.365. The minimum Gasteiger partial charge on any atom is -0.407 e. The highest BCUT2D eigenvalue weighted by Gasteiger charge is 2.22. The molecule has 82 valence electrons. The van der Waals surface area contributed by atoms with Crippen molar-refractivity contribution in [3.05, 3.63) is 41.1 Å². The zero-order valence-corrected chi connectivity index (χ0v) is 9.57. The maximum atomic E-state index is 11.5. The summed E-state index contributed by atoms with van der Waals surface area (Å²) in [6.45, 7) is 5.58. The number of esters is 1. The van der Waals surface area contributed by atoms with Crippen molar-refractivity contribution in [2.24, 2.45) is 4.99 Å². The zero-order valence-electron chi connectivity index (χ0n) is 9.57. The van der Waals surface area contributed by atoms with E-state index in [0.29, 0.717) is 11.6 Å². The predicted molar refractivity (Wildman–Crippen MR) is 63.0 cm³/mol. The summed E-state index contributed by atoms with van der Waals surface area (Å²) in [5.41, 5.74) is 3.44. The SMILES string of the molecule is CC1=N/C(=C(/C)c2ccc(C)cc2)C(=O)O1. The predicted octanol–water partition coefficient (Wildman–Crippen LogP) is 2.70. The molecule has 1 aliphatic rings. The van der Waals surface area contributed by atoms with Crippen LogP contribution in [0.2, 0.25) is 0 Å². The lowest BCUT2D eigenvalue weighted by Crippen LogP contribution is -2.01. The van der Waals surface area contributed by atoms with Gasteiger partial charge in [0.1, 0.15) is 0 Å². The van der Waals surface area contributed by atoms with Gasteiger partial charge in [-0.3, -0.25) is 0 Å². The van der Waals surface area contributed by atoms with E-state index < -0.39 is 0 Å². The molecule has 3 nitrogen and oxygen atoms in total. The van der Waals surface area contributed by atoms with Gasteiger partial charge in [-0.2, -0.15) is 0 Å². The van der Waals surface area contributed by atoms with Gasteiger partial charge in [-0.05, 0) is 25.0 Å². The molecule has 0 saturated carbocycles. The summed E-state index contributed by atoms with van der Waals surface area (Å²) < 4.78 is 4.89. The van der Waals surface area contributed by atoms with Crippen LogP contribution in [-0.4, -0.2) is 11.9 Å². The molecule has 3 heteroatoms. The average Bonchev–Trinajstić information content (AvgIpc) is 2.58. The van der Waals surface area contributed by atoms with Crippen molar-refractivity contribution >= 4 is 17.4 Å². The molecule has 0 saturated heterocycles. The maximum Gasteiger partial charge on any atom is 0.363 e. The van der Waals surface area contributed by atoms with Crippen molar-refractivity contribution in [2.75, 3.05) is 0 Å². The molecule has 1 heterocycles. The lowest BCUT2D eigenvalue weighted by molar-refractivity contribution is -0.130. The van der Waals surface area contributed by atoms with E-state index in [9.17, 15) is 4.79 Å². The first-order chi connectivity index (χ1) is 7.58. The molecule has 0 bridgehead atoms. The van der Waals surface area contributed by atoms with Gasteiger partial charge in [-0.25, -0.2) is 9.79 Å². The number of hydrogen-bond donors (Lipinski definition) is 0. The molecule has 2 rings (SSSR count). The van der Waals surface area contributed by atoms with Gasteiger partial charge >= 0.3 is 5.97 Å². The van der Waals surface area contributed by atoms with Crippen molar-refractivity contribution in [1.82, 2.24) is 0 Å². The quantitative estimate of drug-likeness (QED) is 0.533. The number of rotatable bonds is 1. The van der Waals surface area contributed by atoms with Gasteiger partial charge in [0.05, 0.1) is 0 Å². The number of nitrogens with zero attached hydrogens (tertiary/aromatic N) is 1. The van der Waals surface area contributed by atoms with Gasteiger partial charge in [-0.15, -0.1) is 0 Å². The van der Waals surface area contributed by atoms with E-state index in [1.54, 1.807) is 6.92 Å². The molecule has 0 radical (unpaired) electrons. The largest absolute Gasteiger partial charge is 0.407 e. The highest BCUT2D eigenvalue weighted by molar-refractivity contribution is 6.08. The summed E-state index contributed by atoms with van der Waals surface area (Å²) in [4.78, 5) is 15.6. The van der Waals surface area contributed by atoms with Crippen LogP contribution in [0.3, 0.4) is 0 Å². The molecular weight excluding hydrogens is 202 g/mol. The fraction of sp³-hybridized carbons (Fsp3) is 0.231. The van der Waals surface area contributed by atoms with Gasteiger partial charge in [0, 0.05) is 6.92 Å². The Morgan fingerprint density at radius 2 is 1.81 bits per heavy atom. The van der Waals surface area contributed by atoms with E-state index in [0.717, 1.165) is 11.1 Å². The molecule has 0 fully saturated rings. The molecule has 16 heavy (non-hydrogen) atoms. The summed E-state index contributed by atoms with van der Waals surface area (Å²) in [5.74, 6) is 0.0436. The third-order valence-electron chi connectivity index (χ3n) is 2.54. The molecular formula is C13H13NO2. The Kier molecular flexibility index (Phi) is 2.60. The molecule has 0 N–H and O–H groups in total. The summed E-state index contributed by atoms with van der Waals surface area (Å²) in [5, 5.41) is 0. The van der Waals surface area contributed by atoms with E-state index in [2.05, 4.69) is 4.99 Å². The van der Waals surface area contributed by atoms with Gasteiger partial charge < -0.3 is 4.74 Å². The normalized spacial score (nSPS) is 18.2. The second kappa shape index (κ2) is 3.93. The third kappa shape index (κ3) is 1.89. The summed E-state index contributed by atoms with van der Waals surface area (Å²) in [6, 6.07) is 7.98. The standard InChI is InChI=1S/C13H13NO2/c1-8-4-6-11(7-5-8)9(2)12-13(15)16-10(3)14-12/h4-7H,1-3H3/b12-9-. The van der Waals surface area contributed by atoms with Gasteiger partial charge in [0.25, 0.3) is 0 Å². The Morgan fingerprint density at radius 1 is 1.19 bits per heavy atom. The summed E-state index contributed by atoms with van der Waals surface area (Å²) in [7, 11) is 0. The number of cyclic esters (lactones) is 1. The van der Waals surface area contributed by atoms with E-state index in [-0.39, 0.29) is 5.97 Å². The molecule has 0 aliphatic carbocycles. The van der Waals surface area contributed by atoms with Crippen LogP contribution in [0, 0.1) is 6.92 Å². The number of carbonyl (C=O) groups is 1. The average molecular weight is 215 g/mol. The Labute approximate surface area is 94.5 Å². The van der Waals surface area contributed by atoms with Crippen molar-refractivity contribution < 1.29 is 9.53 Å². The summed E-state index contributed by atoms with van der Waals surface area (Å²) >= 11 is 0. The Morgan fingerprint density at radius 3 is 2.31 bits per heavy atom. The van der Waals surface area contributed by atoms with Crippen LogP contribution in [0.4, 0.5) is 0 Å². The lowest BCUT2D eigenvalue weighted by atomic mass is 10.0. The molecule has 0 amide bonds. The maximum absolute atomic E-state index is 11.5. The van der Waals surface area contributed by atoms with E-state index >= 15 is 0 Å². The fourth-order valence-electron chi connectivity index (χ4n) is 1.59. The first-order valence-corrected chi connectivity index (χ1v) is 5.13. The van der Waals surface area contributed by atoms with Crippen molar-refractivity contribution in [2.45, 2.75) is 20.8 Å². The number of hydrogen-bond acceptors (Lipinski definition) is 3. The molecule has 1 aromatic carbocycles. The van der Waals surface area contributed by atoms with Crippen molar-refractivity contribution in [3.63, 3.8) is 0 Å². The monoisotopic (exact) mass is 215 g/mol. The highest BCUT2D eigenvalue weighted by atomic mass is 16.6. The molecule has 0 spiro atoms. The van der Waals surface area contributed by atoms with Crippen LogP contribution >= 0.6 is 0 Å². The van der Waals surface area contributed by atoms with Crippen molar-refractivity contribution in [3.8, 4) is 0 Å². The zero-order chi connectivity index (χ0) is 11.7. The molecule has 1 aromatic rings. The number of aryl methyl sites for hydroxylation is 1. The number of ether oxygens (including phenoxy) is 1. The van der Waals surface area contributed by atoms with Crippen molar-refractivity contribution in [1.29, 1.82) is 0 Å². The number of allylic oxidation sites excluding steroid dienone is 1. The van der Waals surface area contributed by atoms with E-state index in [4.69, 9.17) is 4.74 Å². The third-order valence-corrected chi connectivity index (χ3v) is 2.54. The van der Waals surface area contributed by atoms with Crippen LogP contribution in [0.25, 0.3) is 5.57 Å². The topological polar surface area (TPSA) is 38.7 Å². The van der Waals surface area contributed by atoms with Gasteiger partial charge in [0.15, 0.2) is 11.6 Å². The number of carbonyl (C=O) groups excluding carboxylic acids is 1. The first-order valence-electron chi connectivity index (χ1n) is 5.13. The minimum absolute atomic E-state index is 0.365. The van der Waals surface area contributed by atoms with Crippen LogP contribution in [0.15, 0.2) is 35.0 Å². The van der Waals surface area contributed by atoms with Gasteiger partial charge in [0.2, 0.25) is 0 Å². The molecule has 1 aliphatic heterocycles. The highest BCUT2D eigenvalue weighted by Crippen LogP contribution is 2.23. The van der Waals surface area contributed by atoms with E-state index in [1.165, 1.54) is 5.56 Å². The second-order valence-corrected chi connectivity index (χ2v) is 3.86. The summed E-state index contributed by atoms with van der Waals surface area (Å²) in [6.07, 6.45) is 0.